The fraction of sp³-hybridized carbons (Fsp3) is 0.0714. The topological polar surface area (TPSA) is 91.3 Å². The summed E-state index contributed by atoms with van der Waals surface area (Å²) in [6.45, 7) is 0. The van der Waals surface area contributed by atoms with E-state index in [1.807, 2.05) is 0 Å². The summed E-state index contributed by atoms with van der Waals surface area (Å²) in [5, 5.41) is 14.8. The van der Waals surface area contributed by atoms with Crippen molar-refractivity contribution in [3.8, 4) is 0 Å². The van der Waals surface area contributed by atoms with Crippen LogP contribution in [-0.2, 0) is 0 Å². The van der Waals surface area contributed by atoms with Crippen LogP contribution in [0.4, 0.5) is 5.69 Å². The number of carbonyl (C=O) groups is 2. The first-order valence-corrected chi connectivity index (χ1v) is 6.00. The molecule has 0 unspecified atom stereocenters. The summed E-state index contributed by atoms with van der Waals surface area (Å²) < 4.78 is 0. The third kappa shape index (κ3) is 2.07. The number of benzene rings is 1. The number of aromatic nitrogens is 1. The van der Waals surface area contributed by atoms with Gasteiger partial charge in [-0.25, -0.2) is 4.79 Å². The van der Waals surface area contributed by atoms with Crippen molar-refractivity contribution in [3.63, 3.8) is 0 Å². The molecule has 0 saturated carbocycles. The minimum absolute atomic E-state index is 0.187. The van der Waals surface area contributed by atoms with E-state index in [9.17, 15) is 9.59 Å². The zero-order valence-corrected chi connectivity index (χ0v) is 10.3. The van der Waals surface area contributed by atoms with Gasteiger partial charge in [0.15, 0.2) is 0 Å². The Morgan fingerprint density at radius 2 is 1.90 bits per heavy atom. The lowest BCUT2D eigenvalue weighted by Gasteiger charge is -2.27. The molecule has 1 aliphatic rings. The summed E-state index contributed by atoms with van der Waals surface area (Å²) in [7, 11) is 0. The second kappa shape index (κ2) is 4.65. The number of rotatable bonds is 2. The van der Waals surface area contributed by atoms with E-state index < -0.39 is 12.1 Å². The normalized spacial score (nSPS) is 16.8. The van der Waals surface area contributed by atoms with Gasteiger partial charge in [-0.2, -0.15) is 0 Å². The van der Waals surface area contributed by atoms with Crippen LogP contribution in [0.1, 0.15) is 32.4 Å². The van der Waals surface area contributed by atoms with Gasteiger partial charge in [-0.3, -0.25) is 9.78 Å². The van der Waals surface area contributed by atoms with E-state index in [0.29, 0.717) is 11.3 Å². The van der Waals surface area contributed by atoms with Gasteiger partial charge >= 0.3 is 5.97 Å². The maximum Gasteiger partial charge on any atom is 0.335 e. The molecule has 0 aliphatic carbocycles. The Hall–Kier alpha value is -2.89. The number of pyridine rings is 1. The summed E-state index contributed by atoms with van der Waals surface area (Å²) in [5.41, 5.74) is 2.18. The third-order valence-electron chi connectivity index (χ3n) is 3.13. The predicted octanol–water partition coefficient (Wildman–Crippen LogP) is 1.63. The number of fused-ring (bicyclic) bond motifs is 1. The summed E-state index contributed by atoms with van der Waals surface area (Å²) in [4.78, 5) is 26.8. The van der Waals surface area contributed by atoms with E-state index >= 15 is 0 Å². The summed E-state index contributed by atoms with van der Waals surface area (Å²) >= 11 is 0. The number of amides is 1. The predicted molar refractivity (Wildman–Crippen MR) is 71.5 cm³/mol. The molecule has 6 heteroatoms. The van der Waals surface area contributed by atoms with Gasteiger partial charge in [0.05, 0.1) is 23.0 Å². The highest BCUT2D eigenvalue weighted by Crippen LogP contribution is 2.25. The molecule has 1 aliphatic heterocycles. The minimum atomic E-state index is -0.980. The number of anilines is 1. The Kier molecular flexibility index (Phi) is 2.83. The Bertz CT molecular complexity index is 682. The van der Waals surface area contributed by atoms with E-state index in [1.54, 1.807) is 30.6 Å². The summed E-state index contributed by atoms with van der Waals surface area (Å²) in [6, 6.07) is 7.99. The lowest BCUT2D eigenvalue weighted by atomic mass is 10.1. The smallest absolute Gasteiger partial charge is 0.335 e. The van der Waals surface area contributed by atoms with E-state index in [0.717, 1.165) is 5.56 Å². The van der Waals surface area contributed by atoms with Gasteiger partial charge in [-0.15, -0.1) is 0 Å². The van der Waals surface area contributed by atoms with Crippen LogP contribution < -0.4 is 10.6 Å². The first-order chi connectivity index (χ1) is 9.65. The largest absolute Gasteiger partial charge is 0.478 e. The first kappa shape index (κ1) is 12.2. The third-order valence-corrected chi connectivity index (χ3v) is 3.13. The van der Waals surface area contributed by atoms with Crippen molar-refractivity contribution >= 4 is 17.6 Å². The number of hydrogen-bond acceptors (Lipinski definition) is 4. The van der Waals surface area contributed by atoms with Crippen LogP contribution in [0, 0.1) is 0 Å². The molecular formula is C14H11N3O3. The van der Waals surface area contributed by atoms with Crippen molar-refractivity contribution in [2.75, 3.05) is 5.32 Å². The number of hydrogen-bond donors (Lipinski definition) is 3. The molecule has 0 saturated heterocycles. The number of carbonyl (C=O) groups excluding carboxylic acids is 1. The number of nitrogens with zero attached hydrogens (tertiary/aromatic N) is 1. The average molecular weight is 269 g/mol. The van der Waals surface area contributed by atoms with Gasteiger partial charge in [0.25, 0.3) is 5.91 Å². The van der Waals surface area contributed by atoms with Crippen LogP contribution in [-0.4, -0.2) is 22.0 Å². The maximum atomic E-state index is 12.0. The van der Waals surface area contributed by atoms with Gasteiger partial charge in [0.1, 0.15) is 6.17 Å². The number of carboxylic acids is 1. The van der Waals surface area contributed by atoms with Crippen molar-refractivity contribution in [1.82, 2.24) is 10.3 Å². The zero-order valence-electron chi connectivity index (χ0n) is 10.3. The molecule has 1 atom stereocenters. The highest BCUT2D eigenvalue weighted by atomic mass is 16.4. The molecule has 0 bridgehead atoms. The van der Waals surface area contributed by atoms with Gasteiger partial charge in [-0.05, 0) is 23.8 Å². The van der Waals surface area contributed by atoms with Crippen molar-refractivity contribution in [2.24, 2.45) is 0 Å². The van der Waals surface area contributed by atoms with Crippen molar-refractivity contribution in [2.45, 2.75) is 6.17 Å². The molecule has 1 aromatic carbocycles. The highest BCUT2D eigenvalue weighted by molar-refractivity contribution is 6.01. The lowest BCUT2D eigenvalue weighted by Crippen LogP contribution is -2.38. The van der Waals surface area contributed by atoms with Gasteiger partial charge in [0.2, 0.25) is 0 Å². The molecule has 20 heavy (non-hydrogen) atoms. The molecule has 2 heterocycles. The maximum absolute atomic E-state index is 12.0. The van der Waals surface area contributed by atoms with Crippen LogP contribution in [0.25, 0.3) is 0 Å². The van der Waals surface area contributed by atoms with Crippen molar-refractivity contribution in [3.05, 3.63) is 59.4 Å². The molecule has 6 nitrogen and oxygen atoms in total. The molecule has 0 fully saturated rings. The Balaban J connectivity index is 1.90. The summed E-state index contributed by atoms with van der Waals surface area (Å²) in [6.07, 6.45) is 2.75. The Morgan fingerprint density at radius 3 is 2.60 bits per heavy atom. The number of carboxylic acid groups (broad SMARTS) is 1. The van der Waals surface area contributed by atoms with Crippen LogP contribution >= 0.6 is 0 Å². The summed E-state index contributed by atoms with van der Waals surface area (Å²) in [5.74, 6) is -1.17. The lowest BCUT2D eigenvalue weighted by molar-refractivity contribution is 0.0696. The molecule has 2 aromatic rings. The molecule has 3 N–H and O–H groups in total. The minimum Gasteiger partial charge on any atom is -0.478 e. The van der Waals surface area contributed by atoms with Crippen LogP contribution in [0.5, 0.6) is 0 Å². The van der Waals surface area contributed by atoms with Crippen LogP contribution in [0.15, 0.2) is 42.7 Å². The molecule has 3 rings (SSSR count). The van der Waals surface area contributed by atoms with Gasteiger partial charge < -0.3 is 15.7 Å². The first-order valence-electron chi connectivity index (χ1n) is 6.00. The van der Waals surface area contributed by atoms with Crippen molar-refractivity contribution in [1.29, 1.82) is 0 Å². The highest BCUT2D eigenvalue weighted by Gasteiger charge is 2.24. The molecule has 0 spiro atoms. The Labute approximate surface area is 114 Å². The van der Waals surface area contributed by atoms with E-state index in [-0.39, 0.29) is 11.5 Å². The standard InChI is InChI=1S/C14H11N3O3/c18-13-10-5-6-15-7-11(10)16-12(17-13)8-1-3-9(4-2-8)14(19)20/h1-7,12,16H,(H,17,18)(H,19,20)/t12-/m1/s1. The van der Waals surface area contributed by atoms with E-state index in [1.165, 1.54) is 12.1 Å². The monoisotopic (exact) mass is 269 g/mol. The van der Waals surface area contributed by atoms with E-state index in [4.69, 9.17) is 5.11 Å². The second-order valence-corrected chi connectivity index (χ2v) is 4.40. The Morgan fingerprint density at radius 1 is 1.15 bits per heavy atom. The zero-order chi connectivity index (χ0) is 14.1. The van der Waals surface area contributed by atoms with Gasteiger partial charge in [0, 0.05) is 6.20 Å². The van der Waals surface area contributed by atoms with Crippen LogP contribution in [0.3, 0.4) is 0 Å². The fourth-order valence-electron chi connectivity index (χ4n) is 2.09. The average Bonchev–Trinajstić information content (AvgIpc) is 2.47. The van der Waals surface area contributed by atoms with Crippen molar-refractivity contribution < 1.29 is 14.7 Å². The van der Waals surface area contributed by atoms with Crippen LogP contribution in [0.2, 0.25) is 0 Å². The quantitative estimate of drug-likeness (QED) is 0.770. The SMILES string of the molecule is O=C(O)c1ccc([C@H]2NC(=O)c3ccncc3N2)cc1. The number of aromatic carboxylic acids is 1. The molecule has 1 aromatic heterocycles. The molecule has 0 radical (unpaired) electrons. The molecule has 1 amide bonds. The molecule has 100 valence electrons. The number of nitrogens with one attached hydrogen (secondary N) is 2. The fourth-order valence-corrected chi connectivity index (χ4v) is 2.09. The molecular weight excluding hydrogens is 258 g/mol. The van der Waals surface area contributed by atoms with Gasteiger partial charge in [-0.1, -0.05) is 12.1 Å². The van der Waals surface area contributed by atoms with E-state index in [2.05, 4.69) is 15.6 Å². The second-order valence-electron chi connectivity index (χ2n) is 4.40.